The van der Waals surface area contributed by atoms with Crippen molar-refractivity contribution in [3.05, 3.63) is 76.5 Å². The third-order valence-corrected chi connectivity index (χ3v) is 4.64. The number of halogens is 1. The molecule has 1 amide bonds. The number of furan rings is 1. The molecule has 2 aromatic carbocycles. The standard InChI is InChI=1S/C22H20ClNO4/c1-22(2,3)14-6-4-13(5-7-14)20(25)24-15-8-9-16(17(23)12-15)18-10-11-19(28-18)21(26)27/h4-12H,1-3H3,(H,24,25)(H,26,27). The summed E-state index contributed by atoms with van der Waals surface area (Å²) in [7, 11) is 0. The lowest BCUT2D eigenvalue weighted by Gasteiger charge is -2.19. The molecule has 6 heteroatoms. The molecule has 1 heterocycles. The number of hydrogen-bond donors (Lipinski definition) is 2. The Morgan fingerprint density at radius 2 is 1.68 bits per heavy atom. The van der Waals surface area contributed by atoms with E-state index in [1.807, 2.05) is 12.1 Å². The summed E-state index contributed by atoms with van der Waals surface area (Å²) in [5, 5.41) is 12.1. The minimum absolute atomic E-state index is 0.0186. The summed E-state index contributed by atoms with van der Waals surface area (Å²) in [5.74, 6) is -1.21. The van der Waals surface area contributed by atoms with Gasteiger partial charge < -0.3 is 14.8 Å². The van der Waals surface area contributed by atoms with Gasteiger partial charge in [-0.2, -0.15) is 0 Å². The topological polar surface area (TPSA) is 79.5 Å². The number of aromatic carboxylic acids is 1. The number of amides is 1. The summed E-state index contributed by atoms with van der Waals surface area (Å²) in [6.07, 6.45) is 0. The molecular weight excluding hydrogens is 378 g/mol. The van der Waals surface area contributed by atoms with Gasteiger partial charge in [-0.15, -0.1) is 0 Å². The fourth-order valence-electron chi connectivity index (χ4n) is 2.72. The van der Waals surface area contributed by atoms with Crippen molar-refractivity contribution in [1.29, 1.82) is 0 Å². The number of rotatable bonds is 4. The average Bonchev–Trinajstić information content (AvgIpc) is 3.11. The number of carbonyl (C=O) groups is 2. The molecular formula is C22H20ClNO4. The van der Waals surface area contributed by atoms with Crippen LogP contribution in [0.1, 0.15) is 47.2 Å². The van der Waals surface area contributed by atoms with Crippen LogP contribution in [0.3, 0.4) is 0 Å². The lowest BCUT2D eigenvalue weighted by atomic mass is 9.87. The van der Waals surface area contributed by atoms with Crippen molar-refractivity contribution in [2.45, 2.75) is 26.2 Å². The molecule has 144 valence electrons. The van der Waals surface area contributed by atoms with Crippen molar-refractivity contribution in [2.24, 2.45) is 0 Å². The van der Waals surface area contributed by atoms with Crippen molar-refractivity contribution in [3.8, 4) is 11.3 Å². The summed E-state index contributed by atoms with van der Waals surface area (Å²) in [4.78, 5) is 23.4. The van der Waals surface area contributed by atoms with Crippen LogP contribution in [0.15, 0.2) is 59.0 Å². The normalized spacial score (nSPS) is 11.3. The third-order valence-electron chi connectivity index (χ3n) is 4.32. The van der Waals surface area contributed by atoms with E-state index in [0.29, 0.717) is 27.6 Å². The predicted molar refractivity (Wildman–Crippen MR) is 109 cm³/mol. The average molecular weight is 398 g/mol. The first-order valence-corrected chi connectivity index (χ1v) is 9.08. The maximum Gasteiger partial charge on any atom is 0.371 e. The van der Waals surface area contributed by atoms with E-state index in [-0.39, 0.29) is 17.1 Å². The van der Waals surface area contributed by atoms with Crippen LogP contribution in [0.25, 0.3) is 11.3 Å². The highest BCUT2D eigenvalue weighted by Crippen LogP contribution is 2.32. The summed E-state index contributed by atoms with van der Waals surface area (Å²) in [6, 6.07) is 15.3. The molecule has 1 aromatic heterocycles. The van der Waals surface area contributed by atoms with Crippen LogP contribution in [0.4, 0.5) is 5.69 Å². The van der Waals surface area contributed by atoms with Gasteiger partial charge in [0.05, 0.1) is 5.02 Å². The minimum atomic E-state index is -1.15. The number of nitrogens with one attached hydrogen (secondary N) is 1. The minimum Gasteiger partial charge on any atom is -0.475 e. The van der Waals surface area contributed by atoms with E-state index < -0.39 is 5.97 Å². The van der Waals surface area contributed by atoms with Gasteiger partial charge in [0.1, 0.15) is 5.76 Å². The fourth-order valence-corrected chi connectivity index (χ4v) is 2.99. The number of benzene rings is 2. The Morgan fingerprint density at radius 3 is 2.21 bits per heavy atom. The summed E-state index contributed by atoms with van der Waals surface area (Å²) in [5.41, 5.74) is 2.79. The Morgan fingerprint density at radius 1 is 1.00 bits per heavy atom. The molecule has 0 atom stereocenters. The van der Waals surface area contributed by atoms with Gasteiger partial charge in [0, 0.05) is 16.8 Å². The number of hydrogen-bond acceptors (Lipinski definition) is 3. The van der Waals surface area contributed by atoms with Crippen molar-refractivity contribution in [1.82, 2.24) is 0 Å². The van der Waals surface area contributed by atoms with Crippen molar-refractivity contribution >= 4 is 29.2 Å². The van der Waals surface area contributed by atoms with Gasteiger partial charge in [-0.05, 0) is 53.4 Å². The van der Waals surface area contributed by atoms with E-state index in [1.54, 1.807) is 36.4 Å². The molecule has 0 bridgehead atoms. The Bertz CT molecular complexity index is 1030. The second kappa shape index (κ2) is 7.52. The summed E-state index contributed by atoms with van der Waals surface area (Å²) < 4.78 is 5.27. The molecule has 0 aliphatic heterocycles. The molecule has 0 radical (unpaired) electrons. The van der Waals surface area contributed by atoms with Crippen LogP contribution >= 0.6 is 11.6 Å². The fraction of sp³-hybridized carbons (Fsp3) is 0.182. The lowest BCUT2D eigenvalue weighted by Crippen LogP contribution is -2.14. The number of anilines is 1. The molecule has 2 N–H and O–H groups in total. The maximum atomic E-state index is 12.5. The quantitative estimate of drug-likeness (QED) is 0.578. The molecule has 3 rings (SSSR count). The number of carboxylic acid groups (broad SMARTS) is 1. The first-order valence-electron chi connectivity index (χ1n) is 8.70. The van der Waals surface area contributed by atoms with Gasteiger partial charge in [-0.25, -0.2) is 4.79 Å². The van der Waals surface area contributed by atoms with Gasteiger partial charge in [0.25, 0.3) is 5.91 Å². The number of carboxylic acids is 1. The highest BCUT2D eigenvalue weighted by atomic mass is 35.5. The third kappa shape index (κ3) is 4.26. The van der Waals surface area contributed by atoms with E-state index in [4.69, 9.17) is 21.1 Å². The Balaban J connectivity index is 1.76. The van der Waals surface area contributed by atoms with E-state index in [2.05, 4.69) is 26.1 Å². The molecule has 0 aliphatic carbocycles. The Hall–Kier alpha value is -3.05. The summed E-state index contributed by atoms with van der Waals surface area (Å²) in [6.45, 7) is 6.35. The molecule has 3 aromatic rings. The van der Waals surface area contributed by atoms with Crippen LogP contribution in [0, 0.1) is 0 Å². The zero-order chi connectivity index (χ0) is 20.5. The van der Waals surface area contributed by atoms with Gasteiger partial charge >= 0.3 is 5.97 Å². The maximum absolute atomic E-state index is 12.5. The molecule has 0 spiro atoms. The largest absolute Gasteiger partial charge is 0.475 e. The van der Waals surface area contributed by atoms with E-state index >= 15 is 0 Å². The van der Waals surface area contributed by atoms with Crippen molar-refractivity contribution < 1.29 is 19.1 Å². The highest BCUT2D eigenvalue weighted by Gasteiger charge is 2.16. The molecule has 0 unspecified atom stereocenters. The zero-order valence-electron chi connectivity index (χ0n) is 15.7. The van der Waals surface area contributed by atoms with Gasteiger partial charge in [-0.3, -0.25) is 4.79 Å². The molecule has 0 saturated heterocycles. The second-order valence-electron chi connectivity index (χ2n) is 7.45. The van der Waals surface area contributed by atoms with Crippen molar-refractivity contribution in [3.63, 3.8) is 0 Å². The molecule has 5 nitrogen and oxygen atoms in total. The zero-order valence-corrected chi connectivity index (χ0v) is 16.5. The first kappa shape index (κ1) is 19.7. The molecule has 0 aliphatic rings. The number of carbonyl (C=O) groups excluding carboxylic acids is 1. The van der Waals surface area contributed by atoms with Crippen LogP contribution < -0.4 is 5.32 Å². The van der Waals surface area contributed by atoms with Crippen LogP contribution in [0.2, 0.25) is 5.02 Å². The predicted octanol–water partition coefficient (Wildman–Crippen LogP) is 5.85. The first-order chi connectivity index (χ1) is 13.1. The highest BCUT2D eigenvalue weighted by molar-refractivity contribution is 6.33. The van der Waals surface area contributed by atoms with Crippen LogP contribution in [-0.4, -0.2) is 17.0 Å². The van der Waals surface area contributed by atoms with Gasteiger partial charge in [0.2, 0.25) is 5.76 Å². The van der Waals surface area contributed by atoms with Gasteiger partial charge in [0.15, 0.2) is 0 Å². The second-order valence-corrected chi connectivity index (χ2v) is 7.85. The SMILES string of the molecule is CC(C)(C)c1ccc(C(=O)Nc2ccc(-c3ccc(C(=O)O)o3)c(Cl)c2)cc1. The molecule has 28 heavy (non-hydrogen) atoms. The molecule has 0 saturated carbocycles. The smallest absolute Gasteiger partial charge is 0.371 e. The van der Waals surface area contributed by atoms with E-state index in [1.165, 1.54) is 6.07 Å². The molecule has 0 fully saturated rings. The van der Waals surface area contributed by atoms with E-state index in [9.17, 15) is 9.59 Å². The lowest BCUT2D eigenvalue weighted by molar-refractivity contribution is 0.0663. The van der Waals surface area contributed by atoms with E-state index in [0.717, 1.165) is 5.56 Å². The van der Waals surface area contributed by atoms with Crippen molar-refractivity contribution in [2.75, 3.05) is 5.32 Å². The van der Waals surface area contributed by atoms with Crippen LogP contribution in [0.5, 0.6) is 0 Å². The van der Waals surface area contributed by atoms with Gasteiger partial charge in [-0.1, -0.05) is 44.5 Å². The van der Waals surface area contributed by atoms with Crippen LogP contribution in [-0.2, 0) is 5.41 Å². The Kier molecular flexibility index (Phi) is 5.29. The monoisotopic (exact) mass is 397 g/mol. The summed E-state index contributed by atoms with van der Waals surface area (Å²) >= 11 is 6.29. The Labute approximate surface area is 167 Å².